The summed E-state index contributed by atoms with van der Waals surface area (Å²) in [6.07, 6.45) is 1.13. The van der Waals surface area contributed by atoms with Gasteiger partial charge in [0, 0.05) is 0 Å². The van der Waals surface area contributed by atoms with Gasteiger partial charge in [-0.1, -0.05) is 38.1 Å². The number of carbonyl (C=O) groups excluding carboxylic acids is 2. The van der Waals surface area contributed by atoms with Gasteiger partial charge in [0.1, 0.15) is 11.5 Å². The fourth-order valence-electron chi connectivity index (χ4n) is 2.30. The van der Waals surface area contributed by atoms with Crippen LogP contribution in [-0.2, 0) is 22.4 Å². The predicted molar refractivity (Wildman–Crippen MR) is 104 cm³/mol. The number of benzene rings is 2. The number of hydrazine groups is 1. The molecule has 2 N–H and O–H groups in total. The highest BCUT2D eigenvalue weighted by Crippen LogP contribution is 2.14. The number of hydrogen-bond acceptors (Lipinski definition) is 4. The van der Waals surface area contributed by atoms with Crippen molar-refractivity contribution >= 4 is 11.8 Å². The lowest BCUT2D eigenvalue weighted by Gasteiger charge is -2.15. The molecule has 0 saturated carbocycles. The van der Waals surface area contributed by atoms with E-state index < -0.39 is 17.9 Å². The van der Waals surface area contributed by atoms with Gasteiger partial charge in [0.25, 0.3) is 11.8 Å². The Morgan fingerprint density at radius 1 is 0.852 bits per heavy atom. The summed E-state index contributed by atoms with van der Waals surface area (Å²) < 4.78 is 10.9. The van der Waals surface area contributed by atoms with E-state index in [0.717, 1.165) is 12.8 Å². The lowest BCUT2D eigenvalue weighted by atomic mass is 10.2. The maximum atomic E-state index is 12.0. The molecule has 1 unspecified atom stereocenters. The van der Waals surface area contributed by atoms with Crippen LogP contribution in [0.5, 0.6) is 11.5 Å². The Labute approximate surface area is 159 Å². The normalized spacial score (nSPS) is 11.4. The molecule has 0 bridgehead atoms. The quantitative estimate of drug-likeness (QED) is 0.701. The molecule has 0 spiro atoms. The molecule has 0 radical (unpaired) electrons. The molecule has 2 rings (SSSR count). The van der Waals surface area contributed by atoms with E-state index >= 15 is 0 Å². The van der Waals surface area contributed by atoms with Crippen LogP contribution in [-0.4, -0.2) is 24.5 Å². The maximum Gasteiger partial charge on any atom is 0.279 e. The minimum atomic E-state index is -0.750. The lowest BCUT2D eigenvalue weighted by molar-refractivity contribution is -0.133. The van der Waals surface area contributed by atoms with Crippen LogP contribution in [0.1, 0.15) is 31.9 Å². The maximum absolute atomic E-state index is 12.0. The molecule has 0 aliphatic rings. The van der Waals surface area contributed by atoms with Crippen LogP contribution in [0.2, 0.25) is 0 Å². The van der Waals surface area contributed by atoms with E-state index in [9.17, 15) is 9.59 Å². The van der Waals surface area contributed by atoms with Crippen molar-refractivity contribution in [3.63, 3.8) is 0 Å². The van der Waals surface area contributed by atoms with E-state index in [2.05, 4.69) is 24.7 Å². The van der Waals surface area contributed by atoms with Crippen LogP contribution in [0, 0.1) is 0 Å². The fraction of sp³-hybridized carbons (Fsp3) is 0.333. The van der Waals surface area contributed by atoms with Crippen molar-refractivity contribution in [2.45, 2.75) is 39.7 Å². The van der Waals surface area contributed by atoms with Gasteiger partial charge in [-0.05, 0) is 55.2 Å². The van der Waals surface area contributed by atoms with Crippen molar-refractivity contribution < 1.29 is 19.1 Å². The van der Waals surface area contributed by atoms with Gasteiger partial charge >= 0.3 is 0 Å². The van der Waals surface area contributed by atoms with E-state index in [1.54, 1.807) is 6.92 Å². The first kappa shape index (κ1) is 20.3. The Balaban J connectivity index is 1.71. The van der Waals surface area contributed by atoms with Gasteiger partial charge in [0.15, 0.2) is 12.7 Å². The van der Waals surface area contributed by atoms with Crippen LogP contribution in [0.3, 0.4) is 0 Å². The molecule has 0 aromatic heterocycles. The molecule has 0 aliphatic heterocycles. The number of amides is 2. The summed E-state index contributed by atoms with van der Waals surface area (Å²) in [5.41, 5.74) is 7.04. The van der Waals surface area contributed by atoms with E-state index in [0.29, 0.717) is 11.5 Å². The SMILES string of the molecule is CCc1ccc(OCC(=O)NNC(=O)C(C)Oc2ccc(CC)cc2)cc1. The van der Waals surface area contributed by atoms with Crippen LogP contribution < -0.4 is 20.3 Å². The first-order valence-corrected chi connectivity index (χ1v) is 9.07. The van der Waals surface area contributed by atoms with Crippen LogP contribution >= 0.6 is 0 Å². The first-order valence-electron chi connectivity index (χ1n) is 9.07. The molecule has 2 aromatic carbocycles. The number of ether oxygens (including phenoxy) is 2. The van der Waals surface area contributed by atoms with E-state index in [-0.39, 0.29) is 6.61 Å². The molecular weight excluding hydrogens is 344 g/mol. The van der Waals surface area contributed by atoms with E-state index in [1.165, 1.54) is 11.1 Å². The highest BCUT2D eigenvalue weighted by Gasteiger charge is 2.15. The van der Waals surface area contributed by atoms with Gasteiger partial charge < -0.3 is 9.47 Å². The molecule has 0 fully saturated rings. The van der Waals surface area contributed by atoms with Crippen molar-refractivity contribution in [2.75, 3.05) is 6.61 Å². The number of nitrogens with one attached hydrogen (secondary N) is 2. The summed E-state index contributed by atoms with van der Waals surface area (Å²) >= 11 is 0. The molecule has 0 aliphatic carbocycles. The third kappa shape index (κ3) is 6.66. The van der Waals surface area contributed by atoms with Gasteiger partial charge in [-0.25, -0.2) is 0 Å². The van der Waals surface area contributed by atoms with E-state index in [1.807, 2.05) is 48.5 Å². The van der Waals surface area contributed by atoms with Crippen molar-refractivity contribution in [1.82, 2.24) is 10.9 Å². The molecule has 0 saturated heterocycles. The molecule has 2 aromatic rings. The zero-order valence-electron chi connectivity index (χ0n) is 16.0. The highest BCUT2D eigenvalue weighted by atomic mass is 16.5. The summed E-state index contributed by atoms with van der Waals surface area (Å²) in [6.45, 7) is 5.55. The first-order chi connectivity index (χ1) is 13.0. The standard InChI is InChI=1S/C21H26N2O4/c1-4-16-6-10-18(11-7-16)26-14-20(24)22-23-21(25)15(3)27-19-12-8-17(5-2)9-13-19/h6-13,15H,4-5,14H2,1-3H3,(H,22,24)(H,23,25). The van der Waals surface area contributed by atoms with Crippen molar-refractivity contribution in [3.05, 3.63) is 59.7 Å². The van der Waals surface area contributed by atoms with Crippen LogP contribution in [0.4, 0.5) is 0 Å². The second-order valence-corrected chi connectivity index (χ2v) is 6.08. The number of hydrogen-bond donors (Lipinski definition) is 2. The molecule has 6 nitrogen and oxygen atoms in total. The Morgan fingerprint density at radius 2 is 1.37 bits per heavy atom. The molecule has 2 amide bonds. The Kier molecular flexibility index (Phi) is 7.67. The summed E-state index contributed by atoms with van der Waals surface area (Å²) in [5.74, 6) is 0.290. The summed E-state index contributed by atoms with van der Waals surface area (Å²) in [6, 6.07) is 15.0. The predicted octanol–water partition coefficient (Wildman–Crippen LogP) is 2.81. The number of aryl methyl sites for hydroxylation is 2. The average molecular weight is 370 g/mol. The van der Waals surface area contributed by atoms with Gasteiger partial charge in [-0.2, -0.15) is 0 Å². The van der Waals surface area contributed by atoms with Gasteiger partial charge in [-0.15, -0.1) is 0 Å². The number of rotatable bonds is 8. The fourth-order valence-corrected chi connectivity index (χ4v) is 2.30. The summed E-state index contributed by atoms with van der Waals surface area (Å²) in [7, 11) is 0. The van der Waals surface area contributed by atoms with Crippen molar-refractivity contribution in [1.29, 1.82) is 0 Å². The zero-order valence-corrected chi connectivity index (χ0v) is 16.0. The second kappa shape index (κ2) is 10.2. The second-order valence-electron chi connectivity index (χ2n) is 6.08. The molecular formula is C21H26N2O4. The third-order valence-electron chi connectivity index (χ3n) is 4.04. The lowest BCUT2D eigenvalue weighted by Crippen LogP contribution is -2.48. The minimum Gasteiger partial charge on any atom is -0.484 e. The molecule has 0 heterocycles. The molecule has 144 valence electrons. The monoisotopic (exact) mass is 370 g/mol. The zero-order chi connectivity index (χ0) is 19.6. The smallest absolute Gasteiger partial charge is 0.279 e. The summed E-state index contributed by atoms with van der Waals surface area (Å²) in [4.78, 5) is 23.8. The van der Waals surface area contributed by atoms with E-state index in [4.69, 9.17) is 9.47 Å². The average Bonchev–Trinajstić information content (AvgIpc) is 2.71. The van der Waals surface area contributed by atoms with Crippen LogP contribution in [0.15, 0.2) is 48.5 Å². The van der Waals surface area contributed by atoms with Gasteiger partial charge in [0.05, 0.1) is 0 Å². The topological polar surface area (TPSA) is 76.7 Å². The van der Waals surface area contributed by atoms with Gasteiger partial charge in [0.2, 0.25) is 0 Å². The summed E-state index contributed by atoms with van der Waals surface area (Å²) in [5, 5.41) is 0. The van der Waals surface area contributed by atoms with Crippen LogP contribution in [0.25, 0.3) is 0 Å². The third-order valence-corrected chi connectivity index (χ3v) is 4.04. The Morgan fingerprint density at radius 3 is 1.89 bits per heavy atom. The molecule has 6 heteroatoms. The van der Waals surface area contributed by atoms with Crippen molar-refractivity contribution in [2.24, 2.45) is 0 Å². The van der Waals surface area contributed by atoms with Crippen molar-refractivity contribution in [3.8, 4) is 11.5 Å². The van der Waals surface area contributed by atoms with Gasteiger partial charge in [-0.3, -0.25) is 20.4 Å². The largest absolute Gasteiger partial charge is 0.484 e. The Hall–Kier alpha value is -3.02. The highest BCUT2D eigenvalue weighted by molar-refractivity contribution is 5.85. The molecule has 27 heavy (non-hydrogen) atoms. The number of carbonyl (C=O) groups is 2. The minimum absolute atomic E-state index is 0.195. The molecule has 1 atom stereocenters. The Bertz CT molecular complexity index is 742.